The summed E-state index contributed by atoms with van der Waals surface area (Å²) in [6.07, 6.45) is 0. The van der Waals surface area contributed by atoms with Gasteiger partial charge in [0.15, 0.2) is 10.9 Å². The summed E-state index contributed by atoms with van der Waals surface area (Å²) in [4.78, 5) is 52.1. The summed E-state index contributed by atoms with van der Waals surface area (Å²) in [5.41, 5.74) is 3.86. The Morgan fingerprint density at radius 2 is 1.38 bits per heavy atom. The smallest absolute Gasteiger partial charge is 0.261 e. The fourth-order valence-electron chi connectivity index (χ4n) is 3.32. The number of nitrogens with one attached hydrogen (secondary N) is 2. The first kappa shape index (κ1) is 14.1. The summed E-state index contributed by atoms with van der Waals surface area (Å²) in [7, 11) is 1.51. The second kappa shape index (κ2) is 4.51. The summed E-state index contributed by atoms with van der Waals surface area (Å²) in [6.45, 7) is 0. The van der Waals surface area contributed by atoms with E-state index in [1.54, 1.807) is 18.2 Å². The lowest BCUT2D eigenvalue weighted by Gasteiger charge is -2.10. The molecule has 24 heavy (non-hydrogen) atoms. The van der Waals surface area contributed by atoms with Crippen molar-refractivity contribution in [2.45, 2.75) is 0 Å². The molecule has 0 fully saturated rings. The minimum atomic E-state index is -0.675. The number of hydrogen-bond acceptors (Lipinski definition) is 6. The van der Waals surface area contributed by atoms with Crippen molar-refractivity contribution < 1.29 is 0 Å². The second-order valence-corrected chi connectivity index (χ2v) is 5.53. The van der Waals surface area contributed by atoms with E-state index in [0.29, 0.717) is 0 Å². The molecule has 0 saturated heterocycles. The van der Waals surface area contributed by atoms with E-state index < -0.39 is 22.0 Å². The molecule has 0 amide bonds. The van der Waals surface area contributed by atoms with E-state index >= 15 is 0 Å². The molecule has 3 aromatic carbocycles. The van der Waals surface area contributed by atoms with Crippen molar-refractivity contribution in [3.05, 3.63) is 65.4 Å². The third-order valence-electron chi connectivity index (χ3n) is 4.34. The summed E-state index contributed by atoms with van der Waals surface area (Å²) >= 11 is 0. The lowest BCUT2D eigenvalue weighted by Crippen LogP contribution is -2.17. The van der Waals surface area contributed by atoms with Gasteiger partial charge >= 0.3 is 0 Å². The number of aromatic nitrogens is 1. The van der Waals surface area contributed by atoms with Crippen LogP contribution in [0.4, 0.5) is 11.4 Å². The van der Waals surface area contributed by atoms with Crippen LogP contribution in [0, 0.1) is 0 Å². The van der Waals surface area contributed by atoms with Gasteiger partial charge in [-0.1, -0.05) is 24.3 Å². The summed E-state index contributed by atoms with van der Waals surface area (Å²) in [5, 5.41) is 3.18. The molecule has 0 bridgehead atoms. The molecule has 4 aromatic rings. The number of rotatable bonds is 1. The first-order valence-corrected chi connectivity index (χ1v) is 7.18. The highest BCUT2D eigenvalue weighted by Gasteiger charge is 2.23. The average molecular weight is 321 g/mol. The number of nitrogen functional groups attached to an aromatic ring is 1. The predicted molar refractivity (Wildman–Crippen MR) is 94.7 cm³/mol. The Hall–Kier alpha value is -3.48. The van der Waals surface area contributed by atoms with Crippen molar-refractivity contribution in [2.24, 2.45) is 0 Å². The maximum Gasteiger partial charge on any atom is 0.261 e. The Balaban J connectivity index is 2.56. The quantitative estimate of drug-likeness (QED) is 0.265. The zero-order valence-electron chi connectivity index (χ0n) is 12.5. The molecule has 0 unspecified atom stereocenters. The highest BCUT2D eigenvalue weighted by atomic mass is 16.2. The van der Waals surface area contributed by atoms with Gasteiger partial charge in [-0.05, 0) is 0 Å². The molecule has 0 radical (unpaired) electrons. The Labute approximate surface area is 133 Å². The molecular weight excluding hydrogens is 310 g/mol. The van der Waals surface area contributed by atoms with Crippen molar-refractivity contribution in [3.63, 3.8) is 0 Å². The van der Waals surface area contributed by atoms with Crippen molar-refractivity contribution in [1.29, 1.82) is 0 Å². The number of aromatic amines is 1. The van der Waals surface area contributed by atoms with Crippen molar-refractivity contribution in [2.75, 3.05) is 18.1 Å². The van der Waals surface area contributed by atoms with E-state index in [1.165, 1.54) is 13.1 Å². The number of H-pyrrole nitrogens is 1. The molecule has 0 aliphatic heterocycles. The fraction of sp³-hybridized carbons (Fsp3) is 0.0588. The van der Waals surface area contributed by atoms with E-state index in [4.69, 9.17) is 5.73 Å². The van der Waals surface area contributed by atoms with Gasteiger partial charge in [0.25, 0.3) is 11.1 Å². The van der Waals surface area contributed by atoms with Gasteiger partial charge in [-0.3, -0.25) is 24.2 Å². The molecule has 7 heteroatoms. The van der Waals surface area contributed by atoms with Crippen molar-refractivity contribution in [1.82, 2.24) is 4.98 Å². The Morgan fingerprint density at radius 3 is 1.96 bits per heavy atom. The minimum Gasteiger partial charge on any atom is -0.397 e. The molecule has 1 aromatic heterocycles. The molecule has 7 nitrogen and oxygen atoms in total. The lowest BCUT2D eigenvalue weighted by molar-refractivity contribution is 1.26. The van der Waals surface area contributed by atoms with E-state index in [2.05, 4.69) is 10.3 Å². The van der Waals surface area contributed by atoms with Crippen molar-refractivity contribution >= 4 is 43.7 Å². The molecule has 0 aliphatic carbocycles. The van der Waals surface area contributed by atoms with Gasteiger partial charge in [0.05, 0.1) is 32.9 Å². The van der Waals surface area contributed by atoms with Crippen LogP contribution in [-0.2, 0) is 0 Å². The highest BCUT2D eigenvalue weighted by Crippen LogP contribution is 2.32. The van der Waals surface area contributed by atoms with Crippen LogP contribution in [-0.4, -0.2) is 12.0 Å². The van der Waals surface area contributed by atoms with Crippen LogP contribution in [0.5, 0.6) is 0 Å². The SMILES string of the molecule is CNc1c2c(=O)[nH]c(=O)c2c(N)c2c(=O)c3ccccc3c(=O)c12. The van der Waals surface area contributed by atoms with E-state index in [1.807, 2.05) is 0 Å². The maximum absolute atomic E-state index is 12.9. The van der Waals surface area contributed by atoms with Crippen LogP contribution in [0.25, 0.3) is 32.3 Å². The first-order valence-electron chi connectivity index (χ1n) is 7.18. The third kappa shape index (κ3) is 1.50. The highest BCUT2D eigenvalue weighted by molar-refractivity contribution is 6.21. The molecule has 0 spiro atoms. The van der Waals surface area contributed by atoms with E-state index in [0.717, 1.165) is 0 Å². The topological polar surface area (TPSA) is 122 Å². The zero-order chi connectivity index (χ0) is 17.2. The molecule has 118 valence electrons. The summed E-state index contributed by atoms with van der Waals surface area (Å²) in [5.74, 6) is 0. The summed E-state index contributed by atoms with van der Waals surface area (Å²) < 4.78 is 0. The second-order valence-electron chi connectivity index (χ2n) is 5.53. The third-order valence-corrected chi connectivity index (χ3v) is 4.34. The number of benzene rings is 3. The van der Waals surface area contributed by atoms with Crippen LogP contribution in [0.3, 0.4) is 0 Å². The number of anilines is 2. The standard InChI is InChI=1S/C17H11N3O4/c1-19-13-10-8(12(18)9-11(13)17(24)20-16(9)23)14(21)6-4-2-3-5-7(6)15(10)22/h2-5,19H,18H2,1H3,(H,20,23,24). The van der Waals surface area contributed by atoms with Crippen LogP contribution in [0.1, 0.15) is 0 Å². The number of fused-ring (bicyclic) bond motifs is 3. The van der Waals surface area contributed by atoms with Gasteiger partial charge in [-0.15, -0.1) is 0 Å². The molecule has 0 aliphatic rings. The lowest BCUT2D eigenvalue weighted by atomic mass is 9.96. The van der Waals surface area contributed by atoms with E-state index in [-0.39, 0.29) is 43.7 Å². The minimum absolute atomic E-state index is 0.000666. The molecule has 0 atom stereocenters. The van der Waals surface area contributed by atoms with E-state index in [9.17, 15) is 19.2 Å². The molecule has 0 saturated carbocycles. The molecular formula is C17H11N3O4. The van der Waals surface area contributed by atoms with Gasteiger partial charge < -0.3 is 11.1 Å². The molecule has 4 rings (SSSR count). The molecule has 4 N–H and O–H groups in total. The maximum atomic E-state index is 12.9. The van der Waals surface area contributed by atoms with Crippen LogP contribution in [0.15, 0.2) is 43.4 Å². The first-order chi connectivity index (χ1) is 11.5. The van der Waals surface area contributed by atoms with Crippen LogP contribution >= 0.6 is 0 Å². The van der Waals surface area contributed by atoms with Gasteiger partial charge in [0, 0.05) is 17.8 Å². The van der Waals surface area contributed by atoms with Gasteiger partial charge in [-0.25, -0.2) is 0 Å². The Kier molecular flexibility index (Phi) is 2.66. The Bertz CT molecular complexity index is 1380. The Morgan fingerprint density at radius 1 is 0.833 bits per heavy atom. The van der Waals surface area contributed by atoms with Crippen LogP contribution < -0.4 is 33.0 Å². The van der Waals surface area contributed by atoms with Crippen molar-refractivity contribution in [3.8, 4) is 0 Å². The average Bonchev–Trinajstić information content (AvgIpc) is 2.87. The normalized spacial score (nSPS) is 11.5. The van der Waals surface area contributed by atoms with Crippen LogP contribution in [0.2, 0.25) is 0 Å². The van der Waals surface area contributed by atoms with Gasteiger partial charge in [0.1, 0.15) is 0 Å². The number of hydrogen-bond donors (Lipinski definition) is 3. The van der Waals surface area contributed by atoms with Gasteiger partial charge in [0.2, 0.25) is 0 Å². The molecule has 1 heterocycles. The zero-order valence-corrected chi connectivity index (χ0v) is 12.5. The number of nitrogens with two attached hydrogens (primary N) is 1. The monoisotopic (exact) mass is 321 g/mol. The predicted octanol–water partition coefficient (Wildman–Crippen LogP) is 0.415. The summed E-state index contributed by atoms with van der Waals surface area (Å²) in [6, 6.07) is 6.39. The fourth-order valence-corrected chi connectivity index (χ4v) is 3.32. The van der Waals surface area contributed by atoms with Gasteiger partial charge in [-0.2, -0.15) is 0 Å². The largest absolute Gasteiger partial charge is 0.397 e.